The van der Waals surface area contributed by atoms with Crippen molar-refractivity contribution in [3.63, 3.8) is 0 Å². The zero-order chi connectivity index (χ0) is 14.9. The Balaban J connectivity index is 2.05. The number of likely N-dealkylation sites (tertiary alicyclic amines) is 1. The zero-order valence-corrected chi connectivity index (χ0v) is 11.9. The molecular formula is C14H17ClF2N2O. The molecule has 0 saturated carbocycles. The molecule has 110 valence electrons. The Kier molecular flexibility index (Phi) is 4.30. The standard InChI is InChI=1S/C14H17ClF2N2O/c1-9(10-2-4-11(15)5-3-10)12(18)13(20)19-7-6-14(16,17)8-19/h2-5,9,12H,6-8,18H2,1H3/t9-,12?/m0/s1. The molecule has 1 heterocycles. The van der Waals surface area contributed by atoms with E-state index in [-0.39, 0.29) is 18.9 Å². The number of nitrogens with zero attached hydrogens (tertiary/aromatic N) is 1. The molecule has 0 aliphatic carbocycles. The van der Waals surface area contributed by atoms with Crippen molar-refractivity contribution in [1.29, 1.82) is 0 Å². The molecule has 1 amide bonds. The van der Waals surface area contributed by atoms with E-state index in [0.717, 1.165) is 10.5 Å². The van der Waals surface area contributed by atoms with Gasteiger partial charge in [-0.2, -0.15) is 0 Å². The fourth-order valence-electron chi connectivity index (χ4n) is 2.32. The maximum atomic E-state index is 13.1. The Morgan fingerprint density at radius 3 is 2.50 bits per heavy atom. The van der Waals surface area contributed by atoms with Gasteiger partial charge in [-0.05, 0) is 17.7 Å². The number of nitrogens with two attached hydrogens (primary N) is 1. The van der Waals surface area contributed by atoms with Crippen molar-refractivity contribution in [3.05, 3.63) is 34.9 Å². The van der Waals surface area contributed by atoms with Gasteiger partial charge in [0.25, 0.3) is 5.92 Å². The highest BCUT2D eigenvalue weighted by Gasteiger charge is 2.42. The van der Waals surface area contributed by atoms with Gasteiger partial charge in [0.2, 0.25) is 5.91 Å². The number of amides is 1. The molecule has 2 atom stereocenters. The minimum atomic E-state index is -2.79. The minimum absolute atomic E-state index is 0.0624. The highest BCUT2D eigenvalue weighted by molar-refractivity contribution is 6.30. The largest absolute Gasteiger partial charge is 0.335 e. The van der Waals surface area contributed by atoms with E-state index in [4.69, 9.17) is 17.3 Å². The monoisotopic (exact) mass is 302 g/mol. The summed E-state index contributed by atoms with van der Waals surface area (Å²) in [7, 11) is 0. The third-order valence-corrected chi connectivity index (χ3v) is 3.95. The molecule has 1 aliphatic rings. The summed E-state index contributed by atoms with van der Waals surface area (Å²) in [5.41, 5.74) is 6.79. The predicted octanol–water partition coefficient (Wildman–Crippen LogP) is 2.64. The van der Waals surface area contributed by atoms with E-state index in [1.165, 1.54) is 0 Å². The Labute approximate surface area is 121 Å². The third-order valence-electron chi connectivity index (χ3n) is 3.70. The minimum Gasteiger partial charge on any atom is -0.335 e. The number of halogens is 3. The molecule has 1 fully saturated rings. The van der Waals surface area contributed by atoms with E-state index in [9.17, 15) is 13.6 Å². The molecule has 1 aliphatic heterocycles. The zero-order valence-electron chi connectivity index (χ0n) is 11.2. The average molecular weight is 303 g/mol. The van der Waals surface area contributed by atoms with Crippen molar-refractivity contribution in [2.24, 2.45) is 5.73 Å². The number of hydrogen-bond donors (Lipinski definition) is 1. The second-order valence-corrected chi connectivity index (χ2v) is 5.67. The molecule has 6 heteroatoms. The Hall–Kier alpha value is -1.20. The second-order valence-electron chi connectivity index (χ2n) is 5.23. The topological polar surface area (TPSA) is 46.3 Å². The van der Waals surface area contributed by atoms with Crippen LogP contribution in [-0.4, -0.2) is 35.9 Å². The van der Waals surface area contributed by atoms with Gasteiger partial charge in [0.1, 0.15) is 0 Å². The van der Waals surface area contributed by atoms with Crippen LogP contribution in [0.15, 0.2) is 24.3 Å². The van der Waals surface area contributed by atoms with E-state index < -0.39 is 24.4 Å². The first-order valence-electron chi connectivity index (χ1n) is 6.48. The van der Waals surface area contributed by atoms with Crippen LogP contribution >= 0.6 is 11.6 Å². The van der Waals surface area contributed by atoms with Gasteiger partial charge in [0.15, 0.2) is 0 Å². The Morgan fingerprint density at radius 2 is 2.00 bits per heavy atom. The van der Waals surface area contributed by atoms with Crippen molar-refractivity contribution >= 4 is 17.5 Å². The summed E-state index contributed by atoms with van der Waals surface area (Å²) in [6, 6.07) is 6.19. The van der Waals surface area contributed by atoms with Gasteiger partial charge in [0, 0.05) is 23.9 Å². The smallest absolute Gasteiger partial charge is 0.267 e. The second kappa shape index (κ2) is 5.66. The molecule has 3 nitrogen and oxygen atoms in total. The van der Waals surface area contributed by atoms with Crippen LogP contribution in [0.5, 0.6) is 0 Å². The maximum absolute atomic E-state index is 13.1. The Morgan fingerprint density at radius 1 is 1.40 bits per heavy atom. The lowest BCUT2D eigenvalue weighted by Gasteiger charge is -2.25. The summed E-state index contributed by atoms with van der Waals surface area (Å²) in [4.78, 5) is 13.3. The van der Waals surface area contributed by atoms with Gasteiger partial charge in [-0.3, -0.25) is 4.79 Å². The maximum Gasteiger partial charge on any atom is 0.267 e. The van der Waals surface area contributed by atoms with Gasteiger partial charge in [0.05, 0.1) is 12.6 Å². The van der Waals surface area contributed by atoms with Gasteiger partial charge < -0.3 is 10.6 Å². The molecule has 0 spiro atoms. The first kappa shape index (κ1) is 15.2. The molecule has 2 N–H and O–H groups in total. The van der Waals surface area contributed by atoms with E-state index in [2.05, 4.69) is 0 Å². The van der Waals surface area contributed by atoms with Crippen LogP contribution in [0.1, 0.15) is 24.8 Å². The number of carbonyl (C=O) groups excluding carboxylic acids is 1. The predicted molar refractivity (Wildman–Crippen MR) is 74.0 cm³/mol. The molecule has 1 aromatic carbocycles. The lowest BCUT2D eigenvalue weighted by Crippen LogP contribution is -2.46. The first-order valence-corrected chi connectivity index (χ1v) is 6.85. The quantitative estimate of drug-likeness (QED) is 0.933. The van der Waals surface area contributed by atoms with Gasteiger partial charge in [-0.15, -0.1) is 0 Å². The van der Waals surface area contributed by atoms with Crippen LogP contribution in [0.3, 0.4) is 0 Å². The molecule has 1 unspecified atom stereocenters. The number of rotatable bonds is 3. The summed E-state index contributed by atoms with van der Waals surface area (Å²) in [5, 5.41) is 0.597. The van der Waals surface area contributed by atoms with Gasteiger partial charge >= 0.3 is 0 Å². The summed E-state index contributed by atoms with van der Waals surface area (Å²) >= 11 is 5.80. The molecular weight excluding hydrogens is 286 g/mol. The van der Waals surface area contributed by atoms with Crippen molar-refractivity contribution in [3.8, 4) is 0 Å². The van der Waals surface area contributed by atoms with Crippen LogP contribution in [0.25, 0.3) is 0 Å². The third kappa shape index (κ3) is 3.27. The van der Waals surface area contributed by atoms with Crippen LogP contribution in [0.2, 0.25) is 5.02 Å². The molecule has 0 aromatic heterocycles. The first-order chi connectivity index (χ1) is 9.30. The van der Waals surface area contributed by atoms with Crippen LogP contribution in [0, 0.1) is 0 Å². The van der Waals surface area contributed by atoms with Crippen molar-refractivity contribution in [1.82, 2.24) is 4.90 Å². The molecule has 0 radical (unpaired) electrons. The van der Waals surface area contributed by atoms with Crippen molar-refractivity contribution in [2.45, 2.75) is 31.2 Å². The van der Waals surface area contributed by atoms with Crippen LogP contribution in [-0.2, 0) is 4.79 Å². The molecule has 1 saturated heterocycles. The highest BCUT2D eigenvalue weighted by Crippen LogP contribution is 2.28. The van der Waals surface area contributed by atoms with E-state index in [1.54, 1.807) is 31.2 Å². The van der Waals surface area contributed by atoms with E-state index >= 15 is 0 Å². The average Bonchev–Trinajstić information content (AvgIpc) is 2.77. The SMILES string of the molecule is C[C@@H](c1ccc(Cl)cc1)C(N)C(=O)N1CCC(F)(F)C1. The Bertz CT molecular complexity index is 492. The lowest BCUT2D eigenvalue weighted by atomic mass is 9.93. The van der Waals surface area contributed by atoms with Crippen molar-refractivity contribution < 1.29 is 13.6 Å². The summed E-state index contributed by atoms with van der Waals surface area (Å²) in [6.45, 7) is 1.33. The summed E-state index contributed by atoms with van der Waals surface area (Å²) < 4.78 is 26.3. The number of carbonyl (C=O) groups is 1. The van der Waals surface area contributed by atoms with E-state index in [0.29, 0.717) is 5.02 Å². The van der Waals surface area contributed by atoms with E-state index in [1.807, 2.05) is 0 Å². The number of hydrogen-bond acceptors (Lipinski definition) is 2. The summed E-state index contributed by atoms with van der Waals surface area (Å²) in [5.74, 6) is -3.47. The van der Waals surface area contributed by atoms with Crippen molar-refractivity contribution in [2.75, 3.05) is 13.1 Å². The summed E-state index contributed by atoms with van der Waals surface area (Å²) in [6.07, 6.45) is -0.291. The highest BCUT2D eigenvalue weighted by atomic mass is 35.5. The van der Waals surface area contributed by atoms with Gasteiger partial charge in [-0.25, -0.2) is 8.78 Å². The molecule has 20 heavy (non-hydrogen) atoms. The normalized spacial score (nSPS) is 20.8. The molecule has 1 aromatic rings. The fourth-order valence-corrected chi connectivity index (χ4v) is 2.45. The fraction of sp³-hybridized carbons (Fsp3) is 0.500. The van der Waals surface area contributed by atoms with Gasteiger partial charge in [-0.1, -0.05) is 30.7 Å². The molecule has 2 rings (SSSR count). The number of alkyl halides is 2. The number of benzene rings is 1. The van der Waals surface area contributed by atoms with Crippen LogP contribution in [0.4, 0.5) is 8.78 Å². The molecule has 0 bridgehead atoms. The van der Waals surface area contributed by atoms with Crippen LogP contribution < -0.4 is 5.73 Å². The lowest BCUT2D eigenvalue weighted by molar-refractivity contribution is -0.133.